The minimum Gasteiger partial charge on any atom is -0.381 e. The number of rotatable bonds is 8. The van der Waals surface area contributed by atoms with Crippen molar-refractivity contribution in [1.29, 1.82) is 0 Å². The molecule has 9 heteroatoms. The molecule has 0 bridgehead atoms. The van der Waals surface area contributed by atoms with Crippen molar-refractivity contribution in [3.8, 4) is 0 Å². The average molecular weight is 565 g/mol. The van der Waals surface area contributed by atoms with Gasteiger partial charge in [0.2, 0.25) is 10.0 Å². The van der Waals surface area contributed by atoms with Gasteiger partial charge in [-0.05, 0) is 62.6 Å². The minimum atomic E-state index is -3.36. The van der Waals surface area contributed by atoms with E-state index < -0.39 is 10.0 Å². The van der Waals surface area contributed by atoms with Crippen molar-refractivity contribution in [3.63, 3.8) is 0 Å². The number of guanidine groups is 1. The SMILES string of the molecule is CCNC(=NCc1ccc(S(=O)(=O)N2CCCC2)cc1)N(C)CCC1CCOCC1.I. The molecule has 2 aliphatic heterocycles. The highest BCUT2D eigenvalue weighted by Gasteiger charge is 2.26. The Morgan fingerprint density at radius 2 is 1.84 bits per heavy atom. The Bertz CT molecular complexity index is 789. The highest BCUT2D eigenvalue weighted by Crippen LogP contribution is 2.21. The van der Waals surface area contributed by atoms with Crippen molar-refractivity contribution in [1.82, 2.24) is 14.5 Å². The van der Waals surface area contributed by atoms with Crippen LogP contribution in [0.25, 0.3) is 0 Å². The standard InChI is InChI=1S/C22H36N4O3S.HI/c1-3-23-22(25(2)15-10-19-11-16-29-17-12-19)24-18-20-6-8-21(9-7-20)30(27,28)26-13-4-5-14-26;/h6-9,19H,3-5,10-18H2,1-2H3,(H,23,24);1H. The van der Waals surface area contributed by atoms with Crippen LogP contribution < -0.4 is 5.32 Å². The normalized spacial score (nSPS) is 18.6. The first-order chi connectivity index (χ1) is 14.5. The minimum absolute atomic E-state index is 0. The molecule has 0 unspecified atom stereocenters. The maximum atomic E-state index is 12.7. The van der Waals surface area contributed by atoms with Gasteiger partial charge in [-0.2, -0.15) is 4.31 Å². The van der Waals surface area contributed by atoms with Gasteiger partial charge in [-0.3, -0.25) is 0 Å². The summed E-state index contributed by atoms with van der Waals surface area (Å²) in [6, 6.07) is 7.16. The third kappa shape index (κ3) is 7.57. The lowest BCUT2D eigenvalue weighted by Gasteiger charge is -2.26. The molecule has 2 aliphatic rings. The Kier molecular flexibility index (Phi) is 11.0. The fourth-order valence-corrected chi connectivity index (χ4v) is 5.51. The lowest BCUT2D eigenvalue weighted by molar-refractivity contribution is 0.0625. The summed E-state index contributed by atoms with van der Waals surface area (Å²) in [4.78, 5) is 7.32. The van der Waals surface area contributed by atoms with E-state index in [1.807, 2.05) is 12.1 Å². The van der Waals surface area contributed by atoms with Crippen LogP contribution in [-0.2, 0) is 21.3 Å². The van der Waals surface area contributed by atoms with Gasteiger partial charge in [-0.15, -0.1) is 24.0 Å². The van der Waals surface area contributed by atoms with Crippen molar-refractivity contribution in [2.75, 3.05) is 46.4 Å². The molecule has 0 aliphatic carbocycles. The van der Waals surface area contributed by atoms with Crippen molar-refractivity contribution in [2.24, 2.45) is 10.9 Å². The predicted molar refractivity (Wildman–Crippen MR) is 135 cm³/mol. The molecule has 176 valence electrons. The van der Waals surface area contributed by atoms with Crippen LogP contribution in [0.15, 0.2) is 34.2 Å². The van der Waals surface area contributed by atoms with Gasteiger partial charge in [0.1, 0.15) is 0 Å². The second kappa shape index (κ2) is 13.0. The highest BCUT2D eigenvalue weighted by molar-refractivity contribution is 14.0. The van der Waals surface area contributed by atoms with E-state index >= 15 is 0 Å². The van der Waals surface area contributed by atoms with Gasteiger partial charge in [0.05, 0.1) is 11.4 Å². The summed E-state index contributed by atoms with van der Waals surface area (Å²) in [5.41, 5.74) is 1.00. The summed E-state index contributed by atoms with van der Waals surface area (Å²) in [7, 11) is -1.28. The Labute approximate surface area is 204 Å². The van der Waals surface area contributed by atoms with Crippen molar-refractivity contribution in [3.05, 3.63) is 29.8 Å². The second-order valence-electron chi connectivity index (χ2n) is 8.19. The smallest absolute Gasteiger partial charge is 0.243 e. The van der Waals surface area contributed by atoms with E-state index in [0.717, 1.165) is 75.8 Å². The molecular formula is C22H37IN4O3S. The number of hydrogen-bond acceptors (Lipinski definition) is 4. The molecule has 0 radical (unpaired) electrons. The number of hydrogen-bond donors (Lipinski definition) is 1. The summed E-state index contributed by atoms with van der Waals surface area (Å²) in [5.74, 6) is 1.62. The van der Waals surface area contributed by atoms with Gasteiger partial charge >= 0.3 is 0 Å². The monoisotopic (exact) mass is 564 g/mol. The fraction of sp³-hybridized carbons (Fsp3) is 0.682. The Hall–Kier alpha value is -0.910. The van der Waals surface area contributed by atoms with Crippen LogP contribution in [0.5, 0.6) is 0 Å². The van der Waals surface area contributed by atoms with Crippen molar-refractivity contribution >= 4 is 40.0 Å². The lowest BCUT2D eigenvalue weighted by Crippen LogP contribution is -2.40. The molecule has 0 atom stereocenters. The van der Waals surface area contributed by atoms with E-state index in [4.69, 9.17) is 9.73 Å². The number of benzene rings is 1. The summed E-state index contributed by atoms with van der Waals surface area (Å²) in [6.07, 6.45) is 5.33. The first-order valence-electron chi connectivity index (χ1n) is 11.2. The number of halogens is 1. The predicted octanol–water partition coefficient (Wildman–Crippen LogP) is 3.30. The van der Waals surface area contributed by atoms with Crippen LogP contribution in [0.1, 0.15) is 44.6 Å². The van der Waals surface area contributed by atoms with Gasteiger partial charge in [0.25, 0.3) is 0 Å². The zero-order valence-corrected chi connectivity index (χ0v) is 21.9. The molecule has 1 N–H and O–H groups in total. The maximum Gasteiger partial charge on any atom is 0.243 e. The zero-order chi connectivity index (χ0) is 21.4. The molecule has 7 nitrogen and oxygen atoms in total. The van der Waals surface area contributed by atoms with E-state index in [1.54, 1.807) is 16.4 Å². The average Bonchev–Trinajstić information content (AvgIpc) is 3.32. The summed E-state index contributed by atoms with van der Waals surface area (Å²) in [5, 5.41) is 3.36. The number of nitrogens with zero attached hydrogens (tertiary/aromatic N) is 3. The topological polar surface area (TPSA) is 74.2 Å². The van der Waals surface area contributed by atoms with Crippen LogP contribution in [0.3, 0.4) is 0 Å². The van der Waals surface area contributed by atoms with E-state index in [2.05, 4.69) is 24.2 Å². The second-order valence-corrected chi connectivity index (χ2v) is 10.1. The molecule has 31 heavy (non-hydrogen) atoms. The van der Waals surface area contributed by atoms with Crippen LogP contribution >= 0.6 is 24.0 Å². The molecule has 1 aromatic rings. The van der Waals surface area contributed by atoms with Crippen LogP contribution in [0.2, 0.25) is 0 Å². The molecule has 3 rings (SSSR count). The first-order valence-corrected chi connectivity index (χ1v) is 12.6. The highest BCUT2D eigenvalue weighted by atomic mass is 127. The zero-order valence-electron chi connectivity index (χ0n) is 18.8. The van der Waals surface area contributed by atoms with Gasteiger partial charge in [0.15, 0.2) is 5.96 Å². The largest absolute Gasteiger partial charge is 0.381 e. The van der Waals surface area contributed by atoms with Crippen molar-refractivity contribution in [2.45, 2.75) is 50.5 Å². The molecule has 2 saturated heterocycles. The maximum absolute atomic E-state index is 12.7. The van der Waals surface area contributed by atoms with Crippen LogP contribution in [0, 0.1) is 5.92 Å². The molecule has 1 aromatic carbocycles. The van der Waals surface area contributed by atoms with E-state index in [9.17, 15) is 8.42 Å². The van der Waals surface area contributed by atoms with Gasteiger partial charge in [-0.25, -0.2) is 13.4 Å². The Morgan fingerprint density at radius 1 is 1.19 bits per heavy atom. The number of sulfonamides is 1. The van der Waals surface area contributed by atoms with Gasteiger partial charge in [-0.1, -0.05) is 12.1 Å². The summed E-state index contributed by atoms with van der Waals surface area (Å²) in [6.45, 7) is 7.38. The third-order valence-electron chi connectivity index (χ3n) is 5.95. The number of nitrogens with one attached hydrogen (secondary N) is 1. The van der Waals surface area contributed by atoms with E-state index in [-0.39, 0.29) is 24.0 Å². The Balaban J connectivity index is 0.00000341. The van der Waals surface area contributed by atoms with Crippen LogP contribution in [-0.4, -0.2) is 70.0 Å². The lowest BCUT2D eigenvalue weighted by atomic mass is 9.96. The van der Waals surface area contributed by atoms with Gasteiger partial charge < -0.3 is 15.0 Å². The molecular weight excluding hydrogens is 527 g/mol. The molecule has 0 aromatic heterocycles. The molecule has 0 amide bonds. The molecule has 0 spiro atoms. The van der Waals surface area contributed by atoms with E-state index in [0.29, 0.717) is 24.5 Å². The number of aliphatic imine (C=N–C) groups is 1. The summed E-state index contributed by atoms with van der Waals surface area (Å²) >= 11 is 0. The molecule has 2 fully saturated rings. The van der Waals surface area contributed by atoms with Crippen molar-refractivity contribution < 1.29 is 13.2 Å². The van der Waals surface area contributed by atoms with E-state index in [1.165, 1.54) is 0 Å². The third-order valence-corrected chi connectivity index (χ3v) is 7.86. The molecule has 2 heterocycles. The summed E-state index contributed by atoms with van der Waals surface area (Å²) < 4.78 is 32.4. The quantitative estimate of drug-likeness (QED) is 0.298. The van der Waals surface area contributed by atoms with Crippen LogP contribution in [0.4, 0.5) is 0 Å². The number of ether oxygens (including phenoxy) is 1. The molecule has 0 saturated carbocycles. The fourth-order valence-electron chi connectivity index (χ4n) is 4.00. The Morgan fingerprint density at radius 3 is 2.45 bits per heavy atom. The first kappa shape index (κ1) is 26.3. The van der Waals surface area contributed by atoms with Gasteiger partial charge in [0, 0.05) is 46.4 Å².